The summed E-state index contributed by atoms with van der Waals surface area (Å²) in [6.45, 7) is 1.62. The number of para-hydroxylation sites is 1. The van der Waals surface area contributed by atoms with Gasteiger partial charge in [-0.3, -0.25) is 9.59 Å². The third-order valence-corrected chi connectivity index (χ3v) is 4.71. The van der Waals surface area contributed by atoms with Gasteiger partial charge in [0.1, 0.15) is 6.54 Å². The number of aliphatic carboxylic acids is 1. The van der Waals surface area contributed by atoms with E-state index in [0.29, 0.717) is 16.5 Å². The first kappa shape index (κ1) is 18.4. The zero-order valence-electron chi connectivity index (χ0n) is 14.9. The Labute approximate surface area is 156 Å². The predicted molar refractivity (Wildman–Crippen MR) is 102 cm³/mol. The van der Waals surface area contributed by atoms with Crippen molar-refractivity contribution in [1.29, 1.82) is 0 Å². The highest BCUT2D eigenvalue weighted by molar-refractivity contribution is 5.89. The number of benzene rings is 2. The molecule has 138 valence electrons. The average Bonchev–Trinajstić information content (AvgIpc) is 2.69. The number of carbonyl (C=O) groups excluding carboxylic acids is 1. The van der Waals surface area contributed by atoms with Crippen LogP contribution < -0.4 is 10.7 Å². The standard InChI is InChI=1S/C21H20N2O4/c1-2-21(20(26)27,15-8-4-3-5-9-15)22-19(25)14-23-13-12-18(24)16-10-6-7-11-17(16)23/h3-13H,2,14H2,1H3,(H,22,25)(H,26,27)/t21-/m0/s1. The van der Waals surface area contributed by atoms with Crippen LogP contribution in [0.5, 0.6) is 0 Å². The van der Waals surface area contributed by atoms with Gasteiger partial charge in [0.25, 0.3) is 0 Å². The first-order valence-corrected chi connectivity index (χ1v) is 8.66. The second-order valence-electron chi connectivity index (χ2n) is 6.30. The third kappa shape index (κ3) is 3.46. The molecule has 0 bridgehead atoms. The molecule has 1 heterocycles. The van der Waals surface area contributed by atoms with E-state index >= 15 is 0 Å². The van der Waals surface area contributed by atoms with Crippen molar-refractivity contribution in [2.45, 2.75) is 25.4 Å². The Bertz CT molecular complexity index is 1040. The Morgan fingerprint density at radius 2 is 1.70 bits per heavy atom. The van der Waals surface area contributed by atoms with Gasteiger partial charge >= 0.3 is 5.97 Å². The second kappa shape index (κ2) is 7.45. The summed E-state index contributed by atoms with van der Waals surface area (Å²) in [6.07, 6.45) is 1.74. The molecule has 0 saturated heterocycles. The summed E-state index contributed by atoms with van der Waals surface area (Å²) in [4.78, 5) is 36.7. The highest BCUT2D eigenvalue weighted by Gasteiger charge is 2.40. The zero-order chi connectivity index (χ0) is 19.4. The first-order chi connectivity index (χ1) is 13.0. The molecule has 0 spiro atoms. The van der Waals surface area contributed by atoms with Gasteiger partial charge in [0, 0.05) is 17.6 Å². The number of nitrogens with zero attached hydrogens (tertiary/aromatic N) is 1. The molecule has 2 aromatic carbocycles. The normalized spacial score (nSPS) is 13.1. The van der Waals surface area contributed by atoms with Crippen LogP contribution in [0.2, 0.25) is 0 Å². The molecule has 0 radical (unpaired) electrons. The summed E-state index contributed by atoms with van der Waals surface area (Å²) in [7, 11) is 0. The van der Waals surface area contributed by atoms with E-state index in [9.17, 15) is 19.5 Å². The molecule has 3 rings (SSSR count). The minimum atomic E-state index is -1.51. The lowest BCUT2D eigenvalue weighted by Crippen LogP contribution is -2.52. The van der Waals surface area contributed by atoms with Crippen LogP contribution in [0.25, 0.3) is 10.9 Å². The lowest BCUT2D eigenvalue weighted by molar-refractivity contribution is -0.148. The van der Waals surface area contributed by atoms with Gasteiger partial charge in [-0.1, -0.05) is 49.4 Å². The fraction of sp³-hybridized carbons (Fsp3) is 0.190. The Hall–Kier alpha value is -3.41. The third-order valence-electron chi connectivity index (χ3n) is 4.71. The average molecular weight is 364 g/mol. The van der Waals surface area contributed by atoms with Gasteiger partial charge < -0.3 is 15.0 Å². The van der Waals surface area contributed by atoms with Crippen LogP contribution in [0.4, 0.5) is 0 Å². The molecule has 0 saturated carbocycles. The Morgan fingerprint density at radius 3 is 2.37 bits per heavy atom. The highest BCUT2D eigenvalue weighted by Crippen LogP contribution is 2.25. The van der Waals surface area contributed by atoms with Crippen LogP contribution in [-0.4, -0.2) is 21.6 Å². The Kier molecular flexibility index (Phi) is 5.07. The molecule has 1 aromatic heterocycles. The molecule has 6 nitrogen and oxygen atoms in total. The molecule has 1 amide bonds. The second-order valence-corrected chi connectivity index (χ2v) is 6.30. The lowest BCUT2D eigenvalue weighted by Gasteiger charge is -2.30. The number of rotatable bonds is 6. The molecular formula is C21H20N2O4. The van der Waals surface area contributed by atoms with E-state index in [1.165, 1.54) is 6.07 Å². The molecular weight excluding hydrogens is 344 g/mol. The van der Waals surface area contributed by atoms with Gasteiger partial charge in [-0.05, 0) is 24.1 Å². The van der Waals surface area contributed by atoms with E-state index < -0.39 is 17.4 Å². The Morgan fingerprint density at radius 1 is 1.04 bits per heavy atom. The SMILES string of the molecule is CC[C@@](NC(=O)Cn1ccc(=O)c2ccccc21)(C(=O)O)c1ccccc1. The maximum absolute atomic E-state index is 12.7. The minimum absolute atomic E-state index is 0.0946. The summed E-state index contributed by atoms with van der Waals surface area (Å²) >= 11 is 0. The van der Waals surface area contributed by atoms with E-state index in [1.54, 1.807) is 72.3 Å². The van der Waals surface area contributed by atoms with Crippen LogP contribution >= 0.6 is 0 Å². The van der Waals surface area contributed by atoms with E-state index in [-0.39, 0.29) is 18.4 Å². The Balaban J connectivity index is 1.93. The molecule has 0 aliphatic rings. The predicted octanol–water partition coefficient (Wildman–Crippen LogP) is 2.51. The highest BCUT2D eigenvalue weighted by atomic mass is 16.4. The maximum Gasteiger partial charge on any atom is 0.334 e. The molecule has 1 atom stereocenters. The number of carboxylic acids is 1. The van der Waals surface area contributed by atoms with Crippen LogP contribution in [-0.2, 0) is 21.7 Å². The number of carboxylic acid groups (broad SMARTS) is 1. The number of aromatic nitrogens is 1. The van der Waals surface area contributed by atoms with Crippen LogP contribution in [0.3, 0.4) is 0 Å². The lowest BCUT2D eigenvalue weighted by atomic mass is 9.87. The van der Waals surface area contributed by atoms with E-state index in [2.05, 4.69) is 5.32 Å². The van der Waals surface area contributed by atoms with Crippen molar-refractivity contribution >= 4 is 22.8 Å². The van der Waals surface area contributed by atoms with Gasteiger partial charge in [0.15, 0.2) is 11.0 Å². The van der Waals surface area contributed by atoms with E-state index in [0.717, 1.165) is 0 Å². The summed E-state index contributed by atoms with van der Waals surface area (Å²) < 4.78 is 1.64. The summed E-state index contributed by atoms with van der Waals surface area (Å²) in [5.41, 5.74) is -0.497. The van der Waals surface area contributed by atoms with E-state index in [1.807, 2.05) is 0 Å². The number of fused-ring (bicyclic) bond motifs is 1. The van der Waals surface area contributed by atoms with Crippen molar-refractivity contribution in [3.05, 3.63) is 82.6 Å². The summed E-state index contributed by atoms with van der Waals surface area (Å²) in [5, 5.41) is 13.0. The fourth-order valence-corrected chi connectivity index (χ4v) is 3.25. The van der Waals surface area contributed by atoms with Crippen LogP contribution in [0.1, 0.15) is 18.9 Å². The van der Waals surface area contributed by atoms with Crippen molar-refractivity contribution in [2.24, 2.45) is 0 Å². The van der Waals surface area contributed by atoms with Gasteiger partial charge in [0.05, 0.1) is 5.52 Å². The topological polar surface area (TPSA) is 88.4 Å². The van der Waals surface area contributed by atoms with E-state index in [4.69, 9.17) is 0 Å². The molecule has 27 heavy (non-hydrogen) atoms. The van der Waals surface area contributed by atoms with Gasteiger partial charge in [-0.15, -0.1) is 0 Å². The minimum Gasteiger partial charge on any atom is -0.479 e. The van der Waals surface area contributed by atoms with Crippen LogP contribution in [0.15, 0.2) is 71.7 Å². The quantitative estimate of drug-likeness (QED) is 0.703. The molecule has 2 N–H and O–H groups in total. The molecule has 0 aliphatic carbocycles. The van der Waals surface area contributed by atoms with Gasteiger partial charge in [-0.25, -0.2) is 4.79 Å². The number of amides is 1. The smallest absolute Gasteiger partial charge is 0.334 e. The molecule has 3 aromatic rings. The van der Waals surface area contributed by atoms with Crippen molar-refractivity contribution in [3.8, 4) is 0 Å². The number of nitrogens with one attached hydrogen (secondary N) is 1. The number of carbonyl (C=O) groups is 2. The molecule has 0 aliphatic heterocycles. The number of hydrogen-bond acceptors (Lipinski definition) is 3. The number of hydrogen-bond donors (Lipinski definition) is 2. The summed E-state index contributed by atoms with van der Waals surface area (Å²) in [5.74, 6) is -1.56. The van der Waals surface area contributed by atoms with Crippen LogP contribution in [0, 0.1) is 0 Å². The molecule has 0 fully saturated rings. The van der Waals surface area contributed by atoms with Gasteiger partial charge in [0.2, 0.25) is 5.91 Å². The van der Waals surface area contributed by atoms with Crippen molar-refractivity contribution in [3.63, 3.8) is 0 Å². The molecule has 0 unspecified atom stereocenters. The zero-order valence-corrected chi connectivity index (χ0v) is 14.9. The van der Waals surface area contributed by atoms with Gasteiger partial charge in [-0.2, -0.15) is 0 Å². The monoisotopic (exact) mass is 364 g/mol. The maximum atomic E-state index is 12.7. The number of pyridine rings is 1. The molecule has 6 heteroatoms. The van der Waals surface area contributed by atoms with Crippen molar-refractivity contribution < 1.29 is 14.7 Å². The largest absolute Gasteiger partial charge is 0.479 e. The fourth-order valence-electron chi connectivity index (χ4n) is 3.25. The first-order valence-electron chi connectivity index (χ1n) is 8.66. The summed E-state index contributed by atoms with van der Waals surface area (Å²) in [6, 6.07) is 17.0. The van der Waals surface area contributed by atoms with Crippen molar-refractivity contribution in [1.82, 2.24) is 9.88 Å². The van der Waals surface area contributed by atoms with Crippen molar-refractivity contribution in [2.75, 3.05) is 0 Å².